The lowest BCUT2D eigenvalue weighted by molar-refractivity contribution is -0.131. The zero-order valence-electron chi connectivity index (χ0n) is 23.0. The second-order valence-corrected chi connectivity index (χ2v) is 10.3. The van der Waals surface area contributed by atoms with Gasteiger partial charge >= 0.3 is 0 Å². The summed E-state index contributed by atoms with van der Waals surface area (Å²) in [6.07, 6.45) is 3.37. The van der Waals surface area contributed by atoms with Gasteiger partial charge in [-0.15, -0.1) is 0 Å². The van der Waals surface area contributed by atoms with E-state index in [9.17, 15) is 23.9 Å². The van der Waals surface area contributed by atoms with Crippen LogP contribution in [0.4, 0.5) is 4.39 Å². The van der Waals surface area contributed by atoms with Crippen LogP contribution in [0.25, 0.3) is 22.0 Å². The molecule has 0 atom stereocenters. The number of carbonyl (C=O) groups excluding carboxylic acids is 3. The number of hydrogen-bond acceptors (Lipinski definition) is 4. The number of aromatic nitrogens is 1. The minimum Gasteiger partial charge on any atom is -0.507 e. The summed E-state index contributed by atoms with van der Waals surface area (Å²) in [4.78, 5) is 40.6. The van der Waals surface area contributed by atoms with Gasteiger partial charge in [-0.05, 0) is 60.4 Å². The molecule has 2 heterocycles. The molecule has 4 bridgehead atoms. The maximum atomic E-state index is 14.8. The summed E-state index contributed by atoms with van der Waals surface area (Å²) in [7, 11) is 1.94. The average molecular weight is 557 g/mol. The third-order valence-corrected chi connectivity index (χ3v) is 7.49. The van der Waals surface area contributed by atoms with Gasteiger partial charge in [-0.25, -0.2) is 4.39 Å². The highest BCUT2D eigenvalue weighted by Gasteiger charge is 2.19. The van der Waals surface area contributed by atoms with Crippen molar-refractivity contribution in [3.8, 4) is 16.9 Å². The van der Waals surface area contributed by atoms with Crippen LogP contribution >= 0.6 is 0 Å². The fourth-order valence-electron chi connectivity index (χ4n) is 5.30. The molecule has 212 valence electrons. The number of phenols is 1. The molecule has 0 unspecified atom stereocenters. The van der Waals surface area contributed by atoms with E-state index in [-0.39, 0.29) is 60.2 Å². The molecule has 41 heavy (non-hydrogen) atoms. The van der Waals surface area contributed by atoms with Gasteiger partial charge in [-0.2, -0.15) is 0 Å². The fourth-order valence-corrected chi connectivity index (χ4v) is 5.30. The molecule has 0 saturated carbocycles. The second-order valence-electron chi connectivity index (χ2n) is 10.3. The highest BCUT2D eigenvalue weighted by Crippen LogP contribution is 2.33. The number of rotatable bonds is 2. The van der Waals surface area contributed by atoms with Crippen molar-refractivity contribution in [2.45, 2.75) is 25.7 Å². The third kappa shape index (κ3) is 6.40. The van der Waals surface area contributed by atoms with Crippen LogP contribution in [0.15, 0.2) is 66.9 Å². The summed E-state index contributed by atoms with van der Waals surface area (Å²) in [6, 6.07) is 16.8. The van der Waals surface area contributed by atoms with Crippen LogP contribution in [0.1, 0.15) is 34.3 Å². The first kappa shape index (κ1) is 27.9. The second kappa shape index (κ2) is 12.2. The molecular formula is C32H33FN4O4. The molecule has 0 spiro atoms. The van der Waals surface area contributed by atoms with E-state index in [1.54, 1.807) is 17.0 Å². The molecule has 1 aromatic heterocycles. The Balaban J connectivity index is 1.37. The molecule has 3 aromatic carbocycles. The Hall–Kier alpha value is -4.66. The maximum Gasteiger partial charge on any atom is 0.251 e. The van der Waals surface area contributed by atoms with Crippen LogP contribution in [0, 0.1) is 5.82 Å². The summed E-state index contributed by atoms with van der Waals surface area (Å²) in [5.41, 5.74) is 3.38. The predicted molar refractivity (Wildman–Crippen MR) is 155 cm³/mol. The first-order chi connectivity index (χ1) is 19.8. The number of phenolic OH excluding ortho intramolecular Hbond substituents is 1. The number of aryl methyl sites for hydroxylation is 1. The molecule has 0 radical (unpaired) electrons. The molecular weight excluding hydrogens is 523 g/mol. The molecule has 5 rings (SSSR count). The number of nitrogens with zero attached hydrogens (tertiary/aromatic N) is 2. The summed E-state index contributed by atoms with van der Waals surface area (Å²) in [5.74, 6) is -1.31. The monoisotopic (exact) mass is 556 g/mol. The summed E-state index contributed by atoms with van der Waals surface area (Å²) in [6.45, 7) is 1.18. The van der Waals surface area contributed by atoms with Crippen molar-refractivity contribution >= 4 is 28.6 Å². The number of amides is 3. The number of para-hydroxylation sites is 1. The van der Waals surface area contributed by atoms with Gasteiger partial charge in [0.25, 0.3) is 5.91 Å². The van der Waals surface area contributed by atoms with Crippen LogP contribution in [-0.2, 0) is 29.5 Å². The highest BCUT2D eigenvalue weighted by atomic mass is 19.1. The van der Waals surface area contributed by atoms with E-state index in [1.165, 1.54) is 24.3 Å². The molecule has 3 N–H and O–H groups in total. The lowest BCUT2D eigenvalue weighted by Crippen LogP contribution is -2.40. The van der Waals surface area contributed by atoms with Gasteiger partial charge < -0.3 is 25.2 Å². The van der Waals surface area contributed by atoms with Crippen molar-refractivity contribution in [2.24, 2.45) is 7.05 Å². The number of aromatic hydroxyl groups is 1. The lowest BCUT2D eigenvalue weighted by atomic mass is 9.98. The van der Waals surface area contributed by atoms with Crippen LogP contribution in [0.5, 0.6) is 5.75 Å². The minimum absolute atomic E-state index is 0.0940. The van der Waals surface area contributed by atoms with Gasteiger partial charge in [0, 0.05) is 73.4 Å². The first-order valence-corrected chi connectivity index (χ1v) is 13.8. The Labute approximate surface area is 237 Å². The summed E-state index contributed by atoms with van der Waals surface area (Å²) < 4.78 is 16.8. The van der Waals surface area contributed by atoms with Gasteiger partial charge in [-0.1, -0.05) is 24.3 Å². The number of fused-ring (bicyclic) bond motifs is 6. The summed E-state index contributed by atoms with van der Waals surface area (Å²) >= 11 is 0. The van der Waals surface area contributed by atoms with E-state index < -0.39 is 11.7 Å². The molecule has 4 aromatic rings. The van der Waals surface area contributed by atoms with Gasteiger partial charge in [0.2, 0.25) is 11.8 Å². The van der Waals surface area contributed by atoms with Crippen molar-refractivity contribution in [3.05, 3.63) is 89.4 Å². The normalized spacial score (nSPS) is 15.1. The average Bonchev–Trinajstić information content (AvgIpc) is 3.27. The maximum absolute atomic E-state index is 14.8. The highest BCUT2D eigenvalue weighted by molar-refractivity contribution is 5.96. The van der Waals surface area contributed by atoms with Crippen LogP contribution < -0.4 is 10.6 Å². The van der Waals surface area contributed by atoms with Gasteiger partial charge in [0.15, 0.2) is 0 Å². The van der Waals surface area contributed by atoms with Crippen LogP contribution in [0.3, 0.4) is 0 Å². The van der Waals surface area contributed by atoms with E-state index in [2.05, 4.69) is 10.6 Å². The van der Waals surface area contributed by atoms with E-state index in [0.29, 0.717) is 25.9 Å². The zero-order chi connectivity index (χ0) is 28.9. The largest absolute Gasteiger partial charge is 0.507 e. The van der Waals surface area contributed by atoms with Crippen molar-refractivity contribution in [3.63, 3.8) is 0 Å². The van der Waals surface area contributed by atoms with Gasteiger partial charge in [0.1, 0.15) is 11.6 Å². The Morgan fingerprint density at radius 3 is 2.63 bits per heavy atom. The quantitative estimate of drug-likeness (QED) is 0.348. The molecule has 0 saturated heterocycles. The number of hydrogen-bond donors (Lipinski definition) is 3. The number of benzene rings is 3. The molecule has 3 amide bonds. The zero-order valence-corrected chi connectivity index (χ0v) is 23.0. The third-order valence-electron chi connectivity index (χ3n) is 7.49. The lowest BCUT2D eigenvalue weighted by Gasteiger charge is -2.23. The summed E-state index contributed by atoms with van der Waals surface area (Å²) in [5, 5.41) is 17.2. The smallest absolute Gasteiger partial charge is 0.251 e. The Morgan fingerprint density at radius 2 is 1.78 bits per heavy atom. The van der Waals surface area contributed by atoms with E-state index in [4.69, 9.17) is 0 Å². The first-order valence-electron chi connectivity index (χ1n) is 13.8. The molecule has 8 nitrogen and oxygen atoms in total. The van der Waals surface area contributed by atoms with Crippen LogP contribution in [0.2, 0.25) is 0 Å². The van der Waals surface area contributed by atoms with Gasteiger partial charge in [-0.3, -0.25) is 14.4 Å². The fraction of sp³-hybridized carbons (Fsp3) is 0.281. The van der Waals surface area contributed by atoms with Crippen molar-refractivity contribution in [1.82, 2.24) is 20.1 Å². The number of carbonyl (C=O) groups is 3. The topological polar surface area (TPSA) is 104 Å². The minimum atomic E-state index is -0.568. The predicted octanol–water partition coefficient (Wildman–Crippen LogP) is 3.94. The van der Waals surface area contributed by atoms with E-state index >= 15 is 0 Å². The molecule has 0 aliphatic carbocycles. The Morgan fingerprint density at radius 1 is 0.951 bits per heavy atom. The SMILES string of the molecule is Cn1cc(CC(=O)N2CCCC(=O)NCCc3ccc(O)c(c3)-c3cc(ccc3F)C(=O)NCC2)c2ccccc21. The number of halogens is 1. The van der Waals surface area contributed by atoms with Gasteiger partial charge in [0.05, 0.1) is 6.42 Å². The van der Waals surface area contributed by atoms with Crippen molar-refractivity contribution < 1.29 is 23.9 Å². The van der Waals surface area contributed by atoms with Crippen molar-refractivity contribution in [2.75, 3.05) is 26.2 Å². The molecule has 9 heteroatoms. The standard InChI is InChI=1S/C32H33FN4O4/c1-36-20-23(24-5-2-3-6-28(24)36)19-31(40)37-15-4-7-30(39)34-13-12-21-8-11-29(38)26(17-21)25-18-22(9-10-27(25)33)32(41)35-14-16-37/h2-3,5-6,8-11,17-18,20,38H,4,7,12-16,19H2,1H3,(H,34,39)(H,35,41). The van der Waals surface area contributed by atoms with E-state index in [1.807, 2.05) is 42.1 Å². The Kier molecular flexibility index (Phi) is 8.33. The van der Waals surface area contributed by atoms with Crippen molar-refractivity contribution in [1.29, 1.82) is 0 Å². The molecule has 1 aliphatic rings. The molecule has 1 aliphatic heterocycles. The van der Waals surface area contributed by atoms with Crippen LogP contribution in [-0.4, -0.2) is 58.5 Å². The Bertz CT molecular complexity index is 1610. The van der Waals surface area contributed by atoms with E-state index in [0.717, 1.165) is 22.0 Å². The number of nitrogens with one attached hydrogen (secondary N) is 2. The molecule has 0 fully saturated rings.